The number of nitrogens with zero attached hydrogens (tertiary/aromatic N) is 1. The summed E-state index contributed by atoms with van der Waals surface area (Å²) in [6, 6.07) is 0.251. The Hall–Kier alpha value is -1.26. The van der Waals surface area contributed by atoms with Crippen LogP contribution in [0.4, 0.5) is 0 Å². The number of rotatable bonds is 4. The molecule has 0 aromatic heterocycles. The van der Waals surface area contributed by atoms with Crippen molar-refractivity contribution in [1.82, 2.24) is 5.32 Å². The fraction of sp³-hybridized carbons (Fsp3) is 0.875. The summed E-state index contributed by atoms with van der Waals surface area (Å²) in [5.41, 5.74) is 5.11. The van der Waals surface area contributed by atoms with Crippen LogP contribution in [-0.4, -0.2) is 23.0 Å². The van der Waals surface area contributed by atoms with Crippen molar-refractivity contribution in [2.45, 2.75) is 77.2 Å². The smallest absolute Gasteiger partial charge is 0.234 e. The van der Waals surface area contributed by atoms with Crippen LogP contribution in [0.5, 0.6) is 0 Å². The minimum atomic E-state index is -0.789. The molecule has 4 N–H and O–H groups in total. The first-order valence-electron chi connectivity index (χ1n) is 8.43. The van der Waals surface area contributed by atoms with Crippen LogP contribution in [0.1, 0.15) is 71.1 Å². The molecule has 2 fully saturated rings. The van der Waals surface area contributed by atoms with Crippen LogP contribution in [0, 0.1) is 11.3 Å². The van der Waals surface area contributed by atoms with E-state index in [1.165, 1.54) is 19.3 Å². The molecule has 2 unspecified atom stereocenters. The van der Waals surface area contributed by atoms with Crippen molar-refractivity contribution in [1.29, 1.82) is 0 Å². The molecule has 5 nitrogen and oxygen atoms in total. The Kier molecular flexibility index (Phi) is 5.48. The second kappa shape index (κ2) is 7.14. The predicted molar refractivity (Wildman–Crippen MR) is 83.1 cm³/mol. The molecule has 0 aliphatic heterocycles. The summed E-state index contributed by atoms with van der Waals surface area (Å²) in [5.74, 6) is 0.627. The van der Waals surface area contributed by atoms with E-state index in [0.717, 1.165) is 32.1 Å². The normalized spacial score (nSPS) is 29.9. The monoisotopic (exact) mass is 295 g/mol. The van der Waals surface area contributed by atoms with E-state index in [1.54, 1.807) is 0 Å². The molecule has 120 valence electrons. The van der Waals surface area contributed by atoms with E-state index in [-0.39, 0.29) is 17.8 Å². The Balaban J connectivity index is 2.11. The minimum absolute atomic E-state index is 0.0251. The first kappa shape index (κ1) is 16.1. The molecule has 0 heterocycles. The van der Waals surface area contributed by atoms with Crippen LogP contribution in [0.3, 0.4) is 0 Å². The van der Waals surface area contributed by atoms with E-state index < -0.39 is 5.41 Å². The quantitative estimate of drug-likeness (QED) is 0.322. The number of hydrogen-bond donors (Lipinski definition) is 3. The van der Waals surface area contributed by atoms with Gasteiger partial charge in [0.25, 0.3) is 0 Å². The number of carbonyl (C=O) groups excluding carboxylic acids is 1. The van der Waals surface area contributed by atoms with Crippen LogP contribution < -0.4 is 11.1 Å². The maximum atomic E-state index is 12.9. The third-order valence-electron chi connectivity index (χ3n) is 5.49. The van der Waals surface area contributed by atoms with Gasteiger partial charge in [0.2, 0.25) is 5.91 Å². The zero-order valence-electron chi connectivity index (χ0n) is 13.1. The van der Waals surface area contributed by atoms with Crippen molar-refractivity contribution < 1.29 is 10.0 Å². The van der Waals surface area contributed by atoms with Gasteiger partial charge in [0.05, 0.1) is 0 Å². The number of nitrogens with one attached hydrogen (secondary N) is 1. The number of nitrogens with two attached hydrogens (primary N) is 1. The van der Waals surface area contributed by atoms with E-state index in [2.05, 4.69) is 17.4 Å². The van der Waals surface area contributed by atoms with E-state index >= 15 is 0 Å². The Morgan fingerprint density at radius 3 is 2.52 bits per heavy atom. The third-order valence-corrected chi connectivity index (χ3v) is 5.49. The molecule has 0 bridgehead atoms. The summed E-state index contributed by atoms with van der Waals surface area (Å²) in [4.78, 5) is 12.9. The number of amidine groups is 1. The van der Waals surface area contributed by atoms with Crippen molar-refractivity contribution in [2.24, 2.45) is 22.2 Å². The van der Waals surface area contributed by atoms with Gasteiger partial charge in [0, 0.05) is 6.04 Å². The number of oxime groups is 1. The highest BCUT2D eigenvalue weighted by molar-refractivity contribution is 6.06. The lowest BCUT2D eigenvalue weighted by molar-refractivity contribution is -0.130. The maximum Gasteiger partial charge on any atom is 0.234 e. The molecule has 0 saturated heterocycles. The van der Waals surface area contributed by atoms with E-state index in [0.29, 0.717) is 18.8 Å². The van der Waals surface area contributed by atoms with Gasteiger partial charge in [-0.3, -0.25) is 4.79 Å². The Morgan fingerprint density at radius 1 is 1.24 bits per heavy atom. The van der Waals surface area contributed by atoms with E-state index in [9.17, 15) is 4.79 Å². The molecule has 2 aliphatic rings. The van der Waals surface area contributed by atoms with Gasteiger partial charge in [-0.25, -0.2) is 0 Å². The van der Waals surface area contributed by atoms with Gasteiger partial charge >= 0.3 is 0 Å². The molecule has 0 aromatic rings. The lowest BCUT2D eigenvalue weighted by atomic mass is 9.71. The van der Waals surface area contributed by atoms with E-state index in [4.69, 9.17) is 10.9 Å². The molecule has 21 heavy (non-hydrogen) atoms. The summed E-state index contributed by atoms with van der Waals surface area (Å²) >= 11 is 0. The molecular weight excluding hydrogens is 266 g/mol. The fourth-order valence-electron chi connectivity index (χ4n) is 4.04. The predicted octanol–water partition coefficient (Wildman–Crippen LogP) is 2.77. The minimum Gasteiger partial charge on any atom is -0.409 e. The molecule has 2 saturated carbocycles. The zero-order valence-corrected chi connectivity index (χ0v) is 13.1. The summed E-state index contributed by atoms with van der Waals surface area (Å²) in [7, 11) is 0. The number of hydrogen-bond acceptors (Lipinski definition) is 3. The Bertz CT molecular complexity index is 389. The molecule has 5 heteroatoms. The topological polar surface area (TPSA) is 87.7 Å². The van der Waals surface area contributed by atoms with Gasteiger partial charge in [-0.1, -0.05) is 50.6 Å². The standard InChI is InChI=1S/C16H29N3O2/c1-2-12-8-4-5-9-13(12)18-15(20)16(14(17)19-21)10-6-3-7-11-16/h12-13,21H,2-11H2,1H3,(H2,17,19)(H,18,20). The van der Waals surface area contributed by atoms with Gasteiger partial charge in [0.1, 0.15) is 5.41 Å². The molecule has 1 amide bonds. The van der Waals surface area contributed by atoms with Gasteiger partial charge in [-0.05, 0) is 31.6 Å². The Morgan fingerprint density at radius 2 is 1.90 bits per heavy atom. The second-order valence-corrected chi connectivity index (χ2v) is 6.66. The lowest BCUT2D eigenvalue weighted by Gasteiger charge is -2.38. The van der Waals surface area contributed by atoms with Gasteiger partial charge in [-0.2, -0.15) is 0 Å². The second-order valence-electron chi connectivity index (χ2n) is 6.66. The lowest BCUT2D eigenvalue weighted by Crippen LogP contribution is -2.54. The highest BCUT2D eigenvalue weighted by atomic mass is 16.4. The van der Waals surface area contributed by atoms with Crippen LogP contribution in [0.25, 0.3) is 0 Å². The number of amides is 1. The van der Waals surface area contributed by atoms with E-state index in [1.807, 2.05) is 0 Å². The maximum absolute atomic E-state index is 12.9. The highest BCUT2D eigenvalue weighted by Crippen LogP contribution is 2.38. The van der Waals surface area contributed by atoms with Crippen molar-refractivity contribution in [2.75, 3.05) is 0 Å². The van der Waals surface area contributed by atoms with Crippen molar-refractivity contribution in [3.63, 3.8) is 0 Å². The molecule has 2 rings (SSSR count). The van der Waals surface area contributed by atoms with Crippen LogP contribution >= 0.6 is 0 Å². The first-order chi connectivity index (χ1) is 10.1. The van der Waals surface area contributed by atoms with Crippen LogP contribution in [-0.2, 0) is 4.79 Å². The Labute approximate surface area is 127 Å². The summed E-state index contributed by atoms with van der Waals surface area (Å²) in [6.07, 6.45) is 10.2. The average molecular weight is 295 g/mol. The van der Waals surface area contributed by atoms with Gasteiger partial charge < -0.3 is 16.3 Å². The first-order valence-corrected chi connectivity index (χ1v) is 8.43. The average Bonchev–Trinajstić information content (AvgIpc) is 2.55. The molecular formula is C16H29N3O2. The van der Waals surface area contributed by atoms with Crippen LogP contribution in [0.15, 0.2) is 5.16 Å². The molecule has 2 aliphatic carbocycles. The van der Waals surface area contributed by atoms with Crippen molar-refractivity contribution in [3.05, 3.63) is 0 Å². The van der Waals surface area contributed by atoms with Crippen molar-refractivity contribution in [3.8, 4) is 0 Å². The summed E-state index contributed by atoms with van der Waals surface area (Å²) < 4.78 is 0. The highest BCUT2D eigenvalue weighted by Gasteiger charge is 2.45. The fourth-order valence-corrected chi connectivity index (χ4v) is 4.04. The number of carbonyl (C=O) groups is 1. The molecule has 0 spiro atoms. The molecule has 0 aromatic carbocycles. The van der Waals surface area contributed by atoms with Crippen molar-refractivity contribution >= 4 is 11.7 Å². The summed E-state index contributed by atoms with van der Waals surface area (Å²) in [5, 5.41) is 15.5. The zero-order chi connectivity index (χ0) is 15.3. The third kappa shape index (κ3) is 3.33. The van der Waals surface area contributed by atoms with Gasteiger partial charge in [0.15, 0.2) is 5.84 Å². The van der Waals surface area contributed by atoms with Gasteiger partial charge in [-0.15, -0.1) is 0 Å². The molecule has 0 radical (unpaired) electrons. The molecule has 2 atom stereocenters. The SMILES string of the molecule is CCC1CCCCC1NC(=O)C1(C(N)=NO)CCCCC1. The summed E-state index contributed by atoms with van der Waals surface area (Å²) in [6.45, 7) is 2.19. The van der Waals surface area contributed by atoms with Crippen LogP contribution in [0.2, 0.25) is 0 Å². The largest absolute Gasteiger partial charge is 0.409 e.